The molecule has 0 radical (unpaired) electrons. The molecule has 1 aromatic heterocycles. The van der Waals surface area contributed by atoms with Gasteiger partial charge in [-0.2, -0.15) is 0 Å². The van der Waals surface area contributed by atoms with Gasteiger partial charge in [0.15, 0.2) is 0 Å². The minimum Gasteiger partial charge on any atom is -0.354 e. The summed E-state index contributed by atoms with van der Waals surface area (Å²) in [6.07, 6.45) is 2.45. The summed E-state index contributed by atoms with van der Waals surface area (Å²) in [6, 6.07) is 32.2. The largest absolute Gasteiger partial charge is 0.354 e. The van der Waals surface area contributed by atoms with Crippen molar-refractivity contribution in [2.75, 3.05) is 37.6 Å². The molecule has 5 aromatic rings. The number of hydrogen-bond acceptors (Lipinski definition) is 4. The molecule has 0 spiro atoms. The number of carbonyl (C=O) groups excluding carboxylic acids is 1. The Balaban J connectivity index is 1.03. The molecule has 45 heavy (non-hydrogen) atoms. The van der Waals surface area contributed by atoms with Crippen molar-refractivity contribution < 1.29 is 13.6 Å². The molecule has 0 unspecified atom stereocenters. The first-order valence-corrected chi connectivity index (χ1v) is 15.8. The quantitative estimate of drug-likeness (QED) is 0.183. The summed E-state index contributed by atoms with van der Waals surface area (Å²) in [5.41, 5.74) is 4.50. The molecule has 5 nitrogen and oxygen atoms in total. The van der Waals surface area contributed by atoms with E-state index in [9.17, 15) is 13.6 Å². The van der Waals surface area contributed by atoms with E-state index in [0.717, 1.165) is 90.6 Å². The zero-order valence-electron chi connectivity index (χ0n) is 25.2. The molecule has 0 atom stereocenters. The second-order valence-electron chi connectivity index (χ2n) is 12.1. The fourth-order valence-electron chi connectivity index (χ4n) is 7.10. The number of hydrogen-bond donors (Lipinski definition) is 1. The lowest BCUT2D eigenvalue weighted by atomic mass is 9.73. The van der Waals surface area contributed by atoms with E-state index < -0.39 is 17.0 Å². The van der Waals surface area contributed by atoms with Gasteiger partial charge in [0.05, 0.1) is 5.52 Å². The topological polar surface area (TPSA) is 48.5 Å². The van der Waals surface area contributed by atoms with Crippen LogP contribution in [0, 0.1) is 11.6 Å². The molecule has 2 heterocycles. The number of rotatable bonds is 9. The van der Waals surface area contributed by atoms with Crippen LogP contribution < -0.4 is 10.2 Å². The molecule has 0 saturated carbocycles. The molecule has 1 N–H and O–H groups in total. The summed E-state index contributed by atoms with van der Waals surface area (Å²) >= 11 is 0. The number of nitrogens with zero attached hydrogens (tertiary/aromatic N) is 3. The van der Waals surface area contributed by atoms with Crippen molar-refractivity contribution in [2.45, 2.75) is 31.2 Å². The molecule has 2 aliphatic rings. The van der Waals surface area contributed by atoms with Crippen molar-refractivity contribution in [2.24, 2.45) is 0 Å². The van der Waals surface area contributed by atoms with Crippen LogP contribution in [0.4, 0.5) is 14.6 Å². The first-order chi connectivity index (χ1) is 22.0. The van der Waals surface area contributed by atoms with Crippen LogP contribution in [0.1, 0.15) is 36.0 Å². The fourth-order valence-corrected chi connectivity index (χ4v) is 7.10. The Bertz CT molecular complexity index is 1800. The van der Waals surface area contributed by atoms with Gasteiger partial charge >= 0.3 is 0 Å². The number of halogens is 2. The number of anilines is 1. The summed E-state index contributed by atoms with van der Waals surface area (Å²) in [5.74, 6) is -0.418. The van der Waals surface area contributed by atoms with Crippen LogP contribution >= 0.6 is 0 Å². The second-order valence-corrected chi connectivity index (χ2v) is 12.1. The molecule has 1 aliphatic carbocycles. The van der Waals surface area contributed by atoms with Crippen molar-refractivity contribution in [3.05, 3.63) is 131 Å². The van der Waals surface area contributed by atoms with Crippen molar-refractivity contribution in [1.29, 1.82) is 0 Å². The smallest absolute Gasteiger partial charge is 0.235 e. The molecule has 0 bridgehead atoms. The molecule has 1 amide bonds. The number of piperazine rings is 1. The van der Waals surface area contributed by atoms with E-state index in [1.165, 1.54) is 12.1 Å². The van der Waals surface area contributed by atoms with Crippen molar-refractivity contribution >= 4 is 22.6 Å². The Hall–Kier alpha value is -4.62. The van der Waals surface area contributed by atoms with E-state index >= 15 is 0 Å². The van der Waals surface area contributed by atoms with E-state index in [0.29, 0.717) is 6.42 Å². The number of para-hydroxylation sites is 1. The average molecular weight is 603 g/mol. The Morgan fingerprint density at radius 3 is 2.20 bits per heavy atom. The number of nitrogens with one attached hydrogen (secondary N) is 1. The number of unbranched alkanes of at least 4 members (excludes halogenated alkanes) is 1. The van der Waals surface area contributed by atoms with Gasteiger partial charge in [-0.3, -0.25) is 9.69 Å². The highest BCUT2D eigenvalue weighted by atomic mass is 19.1. The first kappa shape index (κ1) is 29.1. The molecule has 1 fully saturated rings. The number of aromatic nitrogens is 1. The fraction of sp³-hybridized carbons (Fsp3) is 0.263. The zero-order chi connectivity index (χ0) is 30.8. The highest BCUT2D eigenvalue weighted by Crippen LogP contribution is 2.51. The van der Waals surface area contributed by atoms with E-state index in [2.05, 4.69) is 51.5 Å². The molecule has 7 heteroatoms. The summed E-state index contributed by atoms with van der Waals surface area (Å²) in [4.78, 5) is 24.0. The average Bonchev–Trinajstić information content (AvgIpc) is 3.37. The van der Waals surface area contributed by atoms with Crippen LogP contribution in [0.25, 0.3) is 22.0 Å². The van der Waals surface area contributed by atoms with Gasteiger partial charge in [0.25, 0.3) is 0 Å². The number of fused-ring (bicyclic) bond motifs is 4. The third-order valence-corrected chi connectivity index (χ3v) is 9.46. The number of carbonyl (C=O) groups is 1. The molecule has 228 valence electrons. The maximum Gasteiger partial charge on any atom is 0.235 e. The third-order valence-electron chi connectivity index (χ3n) is 9.46. The van der Waals surface area contributed by atoms with Crippen LogP contribution in [-0.4, -0.2) is 48.5 Å². The van der Waals surface area contributed by atoms with Gasteiger partial charge in [-0.1, -0.05) is 79.2 Å². The lowest BCUT2D eigenvalue weighted by Crippen LogP contribution is -2.47. The third kappa shape index (κ3) is 5.57. The Morgan fingerprint density at radius 1 is 0.778 bits per heavy atom. The minimum absolute atomic E-state index is 0.00657. The normalized spacial score (nSPS) is 15.6. The second kappa shape index (κ2) is 12.4. The molecule has 4 aromatic carbocycles. The van der Waals surface area contributed by atoms with Gasteiger partial charge in [0.2, 0.25) is 5.91 Å². The van der Waals surface area contributed by atoms with E-state index in [4.69, 9.17) is 4.98 Å². The Morgan fingerprint density at radius 2 is 1.47 bits per heavy atom. The molecular weight excluding hydrogens is 566 g/mol. The molecule has 7 rings (SSSR count). The zero-order valence-corrected chi connectivity index (χ0v) is 25.2. The van der Waals surface area contributed by atoms with E-state index in [1.54, 1.807) is 0 Å². The van der Waals surface area contributed by atoms with Crippen LogP contribution in [0.2, 0.25) is 0 Å². The van der Waals surface area contributed by atoms with Gasteiger partial charge in [-0.25, -0.2) is 13.8 Å². The lowest BCUT2D eigenvalue weighted by molar-refractivity contribution is -0.125. The van der Waals surface area contributed by atoms with Gasteiger partial charge in [0, 0.05) is 49.7 Å². The summed E-state index contributed by atoms with van der Waals surface area (Å²) < 4.78 is 28.0. The summed E-state index contributed by atoms with van der Waals surface area (Å²) in [6.45, 7) is 4.75. The van der Waals surface area contributed by atoms with Crippen molar-refractivity contribution in [1.82, 2.24) is 15.2 Å². The van der Waals surface area contributed by atoms with Crippen LogP contribution in [-0.2, 0) is 16.8 Å². The predicted octanol–water partition coefficient (Wildman–Crippen LogP) is 7.09. The predicted molar refractivity (Wildman–Crippen MR) is 175 cm³/mol. The summed E-state index contributed by atoms with van der Waals surface area (Å²) in [5, 5.41) is 4.18. The van der Waals surface area contributed by atoms with Gasteiger partial charge in [0.1, 0.15) is 22.9 Å². The van der Waals surface area contributed by atoms with Crippen LogP contribution in [0.5, 0.6) is 0 Å². The van der Waals surface area contributed by atoms with Gasteiger partial charge < -0.3 is 10.2 Å². The standard InChI is InChI=1S/C38H36F2N4O/c39-29-17-15-28(34(40)25-29)26-41-37(45)38(32-12-4-2-10-30(32)31-11-3-5-13-33(31)38)19-7-8-20-43-21-23-44(24-22-43)36-18-16-27-9-1-6-14-35(27)42-36/h1-6,9-18,25H,7-8,19-24,26H2,(H,41,45). The molecule has 1 aliphatic heterocycles. The number of benzene rings is 4. The highest BCUT2D eigenvalue weighted by Gasteiger charge is 2.48. The SMILES string of the molecule is O=C(NCc1ccc(F)cc1F)C1(CCCCN2CCN(c3ccc4ccccc4n3)CC2)c2ccccc2-c2ccccc21. The van der Waals surface area contributed by atoms with Crippen LogP contribution in [0.15, 0.2) is 103 Å². The van der Waals surface area contributed by atoms with E-state index in [1.807, 2.05) is 48.5 Å². The number of pyridine rings is 1. The molecule has 1 saturated heterocycles. The minimum atomic E-state index is -0.885. The maximum atomic E-state index is 14.5. The Labute approximate surface area is 262 Å². The van der Waals surface area contributed by atoms with Gasteiger partial charge in [-0.15, -0.1) is 0 Å². The monoisotopic (exact) mass is 602 g/mol. The van der Waals surface area contributed by atoms with Crippen molar-refractivity contribution in [3.8, 4) is 11.1 Å². The van der Waals surface area contributed by atoms with Crippen LogP contribution in [0.3, 0.4) is 0 Å². The highest BCUT2D eigenvalue weighted by molar-refractivity contribution is 6.00. The van der Waals surface area contributed by atoms with E-state index in [-0.39, 0.29) is 18.0 Å². The lowest BCUT2D eigenvalue weighted by Gasteiger charge is -2.36. The first-order valence-electron chi connectivity index (χ1n) is 15.8. The summed E-state index contributed by atoms with van der Waals surface area (Å²) in [7, 11) is 0. The van der Waals surface area contributed by atoms with Gasteiger partial charge in [-0.05, 0) is 65.9 Å². The molecular formula is C38H36F2N4O. The number of amides is 1. The Kier molecular flexibility index (Phi) is 8.03. The maximum absolute atomic E-state index is 14.5. The van der Waals surface area contributed by atoms with Crippen molar-refractivity contribution in [3.63, 3.8) is 0 Å².